The molecule has 0 aromatic carbocycles. The second-order valence-corrected chi connectivity index (χ2v) is 6.16. The zero-order chi connectivity index (χ0) is 13.2. The summed E-state index contributed by atoms with van der Waals surface area (Å²) < 4.78 is 5.97. The number of carbonyl (C=O) groups is 1. The average molecular weight is 280 g/mol. The highest BCUT2D eigenvalue weighted by Gasteiger charge is 2.33. The molecule has 2 fully saturated rings. The van der Waals surface area contributed by atoms with Crippen molar-refractivity contribution in [3.63, 3.8) is 0 Å². The Balaban J connectivity index is 1.69. The third-order valence-electron chi connectivity index (χ3n) is 3.85. The van der Waals surface area contributed by atoms with Gasteiger partial charge in [-0.2, -0.15) is 11.3 Å². The van der Waals surface area contributed by atoms with Crippen LogP contribution in [0, 0.1) is 0 Å². The van der Waals surface area contributed by atoms with Crippen LogP contribution in [-0.2, 0) is 9.53 Å². The van der Waals surface area contributed by atoms with E-state index in [2.05, 4.69) is 22.1 Å². The molecule has 0 saturated carbocycles. The highest BCUT2D eigenvalue weighted by Crippen LogP contribution is 2.27. The van der Waals surface area contributed by atoms with Gasteiger partial charge in [-0.15, -0.1) is 0 Å². The Kier molecular flexibility index (Phi) is 3.86. The van der Waals surface area contributed by atoms with Crippen LogP contribution in [0.25, 0.3) is 0 Å². The van der Waals surface area contributed by atoms with Gasteiger partial charge in [0.15, 0.2) is 0 Å². The number of carbonyl (C=O) groups excluding carboxylic acids is 1. The summed E-state index contributed by atoms with van der Waals surface area (Å²) in [5, 5.41) is 7.46. The normalized spacial score (nSPS) is 31.6. The topological polar surface area (TPSA) is 41.6 Å². The van der Waals surface area contributed by atoms with Crippen LogP contribution in [0.1, 0.15) is 31.4 Å². The molecule has 1 aromatic rings. The first-order valence-electron chi connectivity index (χ1n) is 6.94. The lowest BCUT2D eigenvalue weighted by Crippen LogP contribution is -2.51. The third-order valence-corrected chi connectivity index (χ3v) is 4.55. The zero-order valence-corrected chi connectivity index (χ0v) is 12.0. The number of nitrogens with one attached hydrogen (secondary N) is 1. The number of ether oxygens (including phenoxy) is 1. The van der Waals surface area contributed by atoms with Crippen LogP contribution in [0.3, 0.4) is 0 Å². The van der Waals surface area contributed by atoms with Crippen molar-refractivity contribution in [2.75, 3.05) is 19.6 Å². The molecule has 1 amide bonds. The summed E-state index contributed by atoms with van der Waals surface area (Å²) >= 11 is 1.67. The molecule has 2 saturated heterocycles. The van der Waals surface area contributed by atoms with Gasteiger partial charge in [-0.25, -0.2) is 0 Å². The highest BCUT2D eigenvalue weighted by atomic mass is 32.1. The van der Waals surface area contributed by atoms with E-state index in [0.29, 0.717) is 13.1 Å². The quantitative estimate of drug-likeness (QED) is 0.898. The summed E-state index contributed by atoms with van der Waals surface area (Å²) in [6.07, 6.45) is 2.20. The molecule has 0 radical (unpaired) electrons. The maximum atomic E-state index is 12.5. The van der Waals surface area contributed by atoms with Gasteiger partial charge in [-0.05, 0) is 48.7 Å². The highest BCUT2D eigenvalue weighted by molar-refractivity contribution is 7.07. The molecule has 5 heteroatoms. The van der Waals surface area contributed by atoms with E-state index in [-0.39, 0.29) is 24.2 Å². The molecule has 2 aliphatic heterocycles. The van der Waals surface area contributed by atoms with Gasteiger partial charge in [0.25, 0.3) is 0 Å². The lowest BCUT2D eigenvalue weighted by molar-refractivity contribution is -0.146. The monoisotopic (exact) mass is 280 g/mol. The van der Waals surface area contributed by atoms with Gasteiger partial charge in [0.1, 0.15) is 6.10 Å². The molecule has 3 atom stereocenters. The van der Waals surface area contributed by atoms with Crippen molar-refractivity contribution in [2.24, 2.45) is 0 Å². The number of rotatable bonds is 2. The minimum Gasteiger partial charge on any atom is -0.367 e. The van der Waals surface area contributed by atoms with E-state index in [1.165, 1.54) is 5.56 Å². The second kappa shape index (κ2) is 5.61. The SMILES string of the molecule is C[C@@H]1CN(C(=O)[C@H]2CCCN2)C[C@@H](c2ccsc2)O1. The molecule has 0 unspecified atom stereocenters. The molecule has 0 aliphatic carbocycles. The third kappa shape index (κ3) is 2.83. The van der Waals surface area contributed by atoms with Crippen LogP contribution in [0.15, 0.2) is 16.8 Å². The van der Waals surface area contributed by atoms with Crippen molar-refractivity contribution in [3.8, 4) is 0 Å². The maximum absolute atomic E-state index is 12.5. The van der Waals surface area contributed by atoms with Gasteiger partial charge in [0.2, 0.25) is 5.91 Å². The first kappa shape index (κ1) is 13.1. The Bertz CT molecular complexity index is 429. The minimum atomic E-state index is 0.0217. The van der Waals surface area contributed by atoms with Crippen LogP contribution in [-0.4, -0.2) is 42.6 Å². The van der Waals surface area contributed by atoms with Crippen LogP contribution < -0.4 is 5.32 Å². The van der Waals surface area contributed by atoms with Crippen LogP contribution in [0.2, 0.25) is 0 Å². The van der Waals surface area contributed by atoms with E-state index in [1.807, 2.05) is 11.8 Å². The Labute approximate surface area is 117 Å². The van der Waals surface area contributed by atoms with E-state index in [9.17, 15) is 4.79 Å². The number of hydrogen-bond donors (Lipinski definition) is 1. The number of morpholine rings is 1. The number of thiophene rings is 1. The Hall–Kier alpha value is -0.910. The molecule has 0 bridgehead atoms. The zero-order valence-electron chi connectivity index (χ0n) is 11.2. The predicted molar refractivity (Wildman–Crippen MR) is 75.2 cm³/mol. The average Bonchev–Trinajstić information content (AvgIpc) is 3.10. The molecule has 2 aliphatic rings. The molecule has 104 valence electrons. The summed E-state index contributed by atoms with van der Waals surface area (Å²) in [5.74, 6) is 0.243. The number of amides is 1. The van der Waals surface area contributed by atoms with E-state index < -0.39 is 0 Å². The molecule has 3 heterocycles. The van der Waals surface area contributed by atoms with E-state index >= 15 is 0 Å². The van der Waals surface area contributed by atoms with Crippen molar-refractivity contribution in [2.45, 2.75) is 38.0 Å². The van der Waals surface area contributed by atoms with Crippen molar-refractivity contribution in [1.82, 2.24) is 10.2 Å². The first-order valence-corrected chi connectivity index (χ1v) is 7.88. The number of nitrogens with zero attached hydrogens (tertiary/aromatic N) is 1. The fraction of sp³-hybridized carbons (Fsp3) is 0.643. The van der Waals surface area contributed by atoms with Gasteiger partial charge in [0.05, 0.1) is 18.7 Å². The molecular weight excluding hydrogens is 260 g/mol. The van der Waals surface area contributed by atoms with Crippen molar-refractivity contribution < 1.29 is 9.53 Å². The molecule has 1 N–H and O–H groups in total. The molecule has 1 aromatic heterocycles. The molecule has 19 heavy (non-hydrogen) atoms. The van der Waals surface area contributed by atoms with Gasteiger partial charge >= 0.3 is 0 Å². The molecule has 0 spiro atoms. The first-order chi connectivity index (χ1) is 9.24. The summed E-state index contributed by atoms with van der Waals surface area (Å²) in [6, 6.07) is 2.11. The van der Waals surface area contributed by atoms with Gasteiger partial charge in [-0.1, -0.05) is 0 Å². The lowest BCUT2D eigenvalue weighted by atomic mass is 10.1. The van der Waals surface area contributed by atoms with Crippen LogP contribution in [0.4, 0.5) is 0 Å². The molecular formula is C14H20N2O2S. The second-order valence-electron chi connectivity index (χ2n) is 5.38. The smallest absolute Gasteiger partial charge is 0.239 e. The van der Waals surface area contributed by atoms with Gasteiger partial charge < -0.3 is 15.0 Å². The summed E-state index contributed by atoms with van der Waals surface area (Å²) in [6.45, 7) is 4.39. The van der Waals surface area contributed by atoms with Crippen LogP contribution >= 0.6 is 11.3 Å². The largest absolute Gasteiger partial charge is 0.367 e. The molecule has 4 nitrogen and oxygen atoms in total. The minimum absolute atomic E-state index is 0.0217. The Morgan fingerprint density at radius 3 is 3.11 bits per heavy atom. The summed E-state index contributed by atoms with van der Waals surface area (Å²) in [5.41, 5.74) is 1.19. The number of hydrogen-bond acceptors (Lipinski definition) is 4. The van der Waals surface area contributed by atoms with E-state index in [0.717, 1.165) is 19.4 Å². The predicted octanol–water partition coefficient (Wildman–Crippen LogP) is 1.79. The molecule has 3 rings (SSSR count). The van der Waals surface area contributed by atoms with E-state index in [4.69, 9.17) is 4.74 Å². The van der Waals surface area contributed by atoms with Crippen LogP contribution in [0.5, 0.6) is 0 Å². The van der Waals surface area contributed by atoms with Crippen molar-refractivity contribution >= 4 is 17.2 Å². The Morgan fingerprint density at radius 1 is 1.53 bits per heavy atom. The van der Waals surface area contributed by atoms with Crippen molar-refractivity contribution in [3.05, 3.63) is 22.4 Å². The standard InChI is InChI=1S/C14H20N2O2S/c1-10-7-16(14(17)12-3-2-5-15-12)8-13(18-10)11-4-6-19-9-11/h4,6,9-10,12-13,15H,2-3,5,7-8H2,1H3/t10-,12-,13+/m1/s1. The summed E-state index contributed by atoms with van der Waals surface area (Å²) in [4.78, 5) is 14.4. The van der Waals surface area contributed by atoms with Gasteiger partial charge in [0, 0.05) is 6.54 Å². The summed E-state index contributed by atoms with van der Waals surface area (Å²) in [7, 11) is 0. The fourth-order valence-corrected chi connectivity index (χ4v) is 3.59. The van der Waals surface area contributed by atoms with E-state index in [1.54, 1.807) is 11.3 Å². The lowest BCUT2D eigenvalue weighted by Gasteiger charge is -2.37. The van der Waals surface area contributed by atoms with Gasteiger partial charge in [-0.3, -0.25) is 4.79 Å². The van der Waals surface area contributed by atoms with Crippen molar-refractivity contribution in [1.29, 1.82) is 0 Å². The maximum Gasteiger partial charge on any atom is 0.239 e. The fourth-order valence-electron chi connectivity index (χ4n) is 2.89. The Morgan fingerprint density at radius 2 is 2.42 bits per heavy atom.